The Hall–Kier alpha value is -8.41. The number of ether oxygens (including phenoxy) is 3. The van der Waals surface area contributed by atoms with E-state index in [1.807, 2.05) is 76.2 Å². The average Bonchev–Trinajstić information content (AvgIpc) is 4.10. The van der Waals surface area contributed by atoms with Gasteiger partial charge in [0.05, 0.1) is 17.1 Å². The van der Waals surface area contributed by atoms with Gasteiger partial charge in [-0.25, -0.2) is 14.8 Å². The lowest BCUT2D eigenvalue weighted by atomic mass is 9.81. The molecule has 9 rings (SSSR count). The molecule has 0 N–H and O–H groups in total. The number of carbonyl (C=O) groups excluding carboxylic acids is 3. The highest BCUT2D eigenvalue weighted by Gasteiger charge is 2.43. The number of para-hydroxylation sites is 1. The van der Waals surface area contributed by atoms with Gasteiger partial charge >= 0.3 is 5.97 Å². The number of hydrogen-bond donors (Lipinski definition) is 0. The lowest BCUT2D eigenvalue weighted by Crippen LogP contribution is -2.33. The van der Waals surface area contributed by atoms with Crippen LogP contribution in [0.5, 0.6) is 17.2 Å². The van der Waals surface area contributed by atoms with E-state index in [0.29, 0.717) is 46.0 Å². The first-order valence-corrected chi connectivity index (χ1v) is 22.4. The highest BCUT2D eigenvalue weighted by atomic mass is 16.5. The van der Waals surface area contributed by atoms with Crippen molar-refractivity contribution in [1.29, 1.82) is 0 Å². The number of esters is 1. The average molecular weight is 929 g/mol. The fraction of sp³-hybridized carbons (Fsp3) is 0.275. The predicted molar refractivity (Wildman–Crippen MR) is 259 cm³/mol. The molecule has 4 aromatic heterocycles. The largest absolute Gasteiger partial charge is 0.487 e. The summed E-state index contributed by atoms with van der Waals surface area (Å²) in [6.45, 7) is 16.0. The molecule has 2 atom stereocenters. The second-order valence-electron chi connectivity index (χ2n) is 17.1. The van der Waals surface area contributed by atoms with Crippen LogP contribution in [0.4, 0.5) is 11.6 Å². The van der Waals surface area contributed by atoms with Crippen molar-refractivity contribution in [2.24, 2.45) is 10.2 Å². The van der Waals surface area contributed by atoms with Crippen LogP contribution in [0.3, 0.4) is 0 Å². The molecule has 0 saturated heterocycles. The summed E-state index contributed by atoms with van der Waals surface area (Å²) in [4.78, 5) is 50.9. The second kappa shape index (κ2) is 20.2. The molecule has 18 nitrogen and oxygen atoms in total. The van der Waals surface area contributed by atoms with Crippen molar-refractivity contribution in [2.75, 3.05) is 23.2 Å². The van der Waals surface area contributed by atoms with Crippen LogP contribution in [0.2, 0.25) is 0 Å². The number of amides is 2. The first-order chi connectivity index (χ1) is 33.2. The molecular formula is C51H52N12O6. The monoisotopic (exact) mass is 928 g/mol. The van der Waals surface area contributed by atoms with Crippen molar-refractivity contribution in [3.63, 3.8) is 0 Å². The summed E-state index contributed by atoms with van der Waals surface area (Å²) in [5.74, 6) is 1.25. The van der Waals surface area contributed by atoms with Crippen molar-refractivity contribution in [3.05, 3.63) is 161 Å². The Kier molecular flexibility index (Phi) is 13.8. The highest BCUT2D eigenvalue weighted by molar-refractivity contribution is 6.18. The summed E-state index contributed by atoms with van der Waals surface area (Å²) in [5.41, 5.74) is 5.92. The number of aromatic nitrogens is 8. The van der Waals surface area contributed by atoms with E-state index in [1.54, 1.807) is 73.9 Å². The molecule has 0 fully saturated rings. The molecule has 0 saturated carbocycles. The molecule has 69 heavy (non-hydrogen) atoms. The minimum Gasteiger partial charge on any atom is -0.487 e. The summed E-state index contributed by atoms with van der Waals surface area (Å²) in [7, 11) is 0. The molecule has 3 aromatic carbocycles. The van der Waals surface area contributed by atoms with Gasteiger partial charge in [-0.05, 0) is 107 Å². The molecule has 2 unspecified atom stereocenters. The summed E-state index contributed by atoms with van der Waals surface area (Å²) >= 11 is 0. The van der Waals surface area contributed by atoms with E-state index >= 15 is 0 Å². The van der Waals surface area contributed by atoms with E-state index < -0.39 is 24.0 Å². The molecule has 0 aliphatic carbocycles. The first-order valence-electron chi connectivity index (χ1n) is 22.4. The standard InChI is InChI=1S/C31H32N6O4.C20H20N6O2/c1-6-31(4,5)23-18-20(2)15-16-25(23)40-19-24-28(29(38)36(34-24)26-14-10-11-17-32-26)37-33-21(3)27(35-37)30(39)41-22-12-8-7-9-13-22;1-13-7-6-8-16(11-13)28-12-17-19(26-22-14(2)15(3)23-26)20(27)25(24-17)18-9-4-5-10-21-18/h7-18,28H,6,19H2,1-5H3;4-11,19H,12H2,1-3H3. The normalized spacial score (nSPS) is 15.7. The van der Waals surface area contributed by atoms with Gasteiger partial charge in [0.25, 0.3) is 11.8 Å². The molecule has 352 valence electrons. The fourth-order valence-corrected chi connectivity index (χ4v) is 7.39. The summed E-state index contributed by atoms with van der Waals surface area (Å²) in [5, 5.41) is 29.2. The van der Waals surface area contributed by atoms with Crippen LogP contribution in [0.15, 0.2) is 132 Å². The molecule has 0 radical (unpaired) electrons. The third-order valence-corrected chi connectivity index (χ3v) is 11.6. The van der Waals surface area contributed by atoms with Crippen molar-refractivity contribution >= 4 is 40.8 Å². The Morgan fingerprint density at radius 3 is 1.70 bits per heavy atom. The molecule has 0 bridgehead atoms. The van der Waals surface area contributed by atoms with E-state index in [-0.39, 0.29) is 30.2 Å². The SMILES string of the molecule is CCC(C)(C)c1cc(C)ccc1OCC1=NN(c2ccccn2)C(=O)C1n1nc(C)c(C(=O)Oc2ccccc2)n1.Cc1cccc(OCC2=NN(c3ccccn3)C(=O)C2n2nc(C)c(C)n2)c1. The minimum atomic E-state index is -1.04. The van der Waals surface area contributed by atoms with E-state index in [2.05, 4.69) is 67.4 Å². The smallest absolute Gasteiger partial charge is 0.366 e. The molecule has 7 aromatic rings. The van der Waals surface area contributed by atoms with Crippen LogP contribution >= 0.6 is 0 Å². The van der Waals surface area contributed by atoms with Crippen molar-refractivity contribution in [1.82, 2.24) is 40.0 Å². The number of pyridine rings is 2. The lowest BCUT2D eigenvalue weighted by Gasteiger charge is -2.26. The zero-order chi connectivity index (χ0) is 48.8. The molecule has 6 heterocycles. The van der Waals surface area contributed by atoms with Crippen LogP contribution < -0.4 is 24.2 Å². The third-order valence-electron chi connectivity index (χ3n) is 11.6. The molecule has 2 amide bonds. The number of hydrazone groups is 2. The molecule has 0 spiro atoms. The van der Waals surface area contributed by atoms with Crippen LogP contribution in [-0.4, -0.2) is 82.4 Å². The molecule has 2 aliphatic rings. The zero-order valence-electron chi connectivity index (χ0n) is 39.6. The summed E-state index contributed by atoms with van der Waals surface area (Å²) < 4.78 is 17.7. The van der Waals surface area contributed by atoms with Gasteiger partial charge in [0.15, 0.2) is 29.4 Å². The topological polar surface area (TPSA) is 197 Å². The third kappa shape index (κ3) is 10.4. The van der Waals surface area contributed by atoms with Gasteiger partial charge in [-0.3, -0.25) is 9.59 Å². The number of anilines is 2. The Bertz CT molecular complexity index is 3020. The van der Waals surface area contributed by atoms with Gasteiger partial charge in [0.1, 0.15) is 41.9 Å². The zero-order valence-corrected chi connectivity index (χ0v) is 39.6. The van der Waals surface area contributed by atoms with E-state index in [1.165, 1.54) is 19.6 Å². The van der Waals surface area contributed by atoms with Gasteiger partial charge in [0, 0.05) is 18.0 Å². The number of rotatable bonds is 14. The summed E-state index contributed by atoms with van der Waals surface area (Å²) in [6, 6.07) is 31.2. The number of hydrogen-bond acceptors (Lipinski definition) is 14. The molecular weight excluding hydrogens is 877 g/mol. The fourth-order valence-electron chi connectivity index (χ4n) is 7.39. The maximum atomic E-state index is 13.7. The maximum absolute atomic E-state index is 13.7. The predicted octanol–water partition coefficient (Wildman–Crippen LogP) is 7.84. The Morgan fingerprint density at radius 1 is 0.594 bits per heavy atom. The van der Waals surface area contributed by atoms with Gasteiger partial charge in [-0.1, -0.05) is 80.9 Å². The van der Waals surface area contributed by atoms with Gasteiger partial charge in [-0.15, -0.1) is 5.10 Å². The lowest BCUT2D eigenvalue weighted by molar-refractivity contribution is -0.120. The van der Waals surface area contributed by atoms with Crippen molar-refractivity contribution in [2.45, 2.75) is 79.3 Å². The van der Waals surface area contributed by atoms with E-state index in [9.17, 15) is 14.4 Å². The summed E-state index contributed by atoms with van der Waals surface area (Å²) in [6.07, 6.45) is 4.12. The quantitative estimate of drug-likeness (QED) is 0.0758. The van der Waals surface area contributed by atoms with Crippen LogP contribution in [0.25, 0.3) is 0 Å². The second-order valence-corrected chi connectivity index (χ2v) is 17.1. The Labute approximate surface area is 399 Å². The van der Waals surface area contributed by atoms with Crippen LogP contribution in [0, 0.1) is 34.6 Å². The number of benzene rings is 3. The first kappa shape index (κ1) is 47.1. The minimum absolute atomic E-state index is 0.0000216. The van der Waals surface area contributed by atoms with Gasteiger partial charge in [0.2, 0.25) is 0 Å². The number of carbonyl (C=O) groups is 3. The Balaban J connectivity index is 0.000000200. The molecule has 2 aliphatic heterocycles. The number of aryl methyl sites for hydroxylation is 5. The highest BCUT2D eigenvalue weighted by Crippen LogP contribution is 2.36. The Morgan fingerprint density at radius 2 is 1.13 bits per heavy atom. The van der Waals surface area contributed by atoms with Crippen molar-refractivity contribution < 1.29 is 28.6 Å². The van der Waals surface area contributed by atoms with Gasteiger partial charge in [-0.2, -0.15) is 45.1 Å². The molecule has 18 heteroatoms. The van der Waals surface area contributed by atoms with Crippen molar-refractivity contribution in [3.8, 4) is 17.2 Å². The van der Waals surface area contributed by atoms with E-state index in [0.717, 1.165) is 34.5 Å². The van der Waals surface area contributed by atoms with Gasteiger partial charge < -0.3 is 14.2 Å². The van der Waals surface area contributed by atoms with Crippen LogP contribution in [0.1, 0.15) is 83.5 Å². The van der Waals surface area contributed by atoms with E-state index in [4.69, 9.17) is 14.2 Å². The van der Waals surface area contributed by atoms with Crippen LogP contribution in [-0.2, 0) is 15.0 Å². The maximum Gasteiger partial charge on any atom is 0.366 e. The number of nitrogens with zero attached hydrogens (tertiary/aromatic N) is 12.